The number of hydrogen-bond donors (Lipinski definition) is 2. The zero-order valence-electron chi connectivity index (χ0n) is 16.1. The molecule has 0 unspecified atom stereocenters. The summed E-state index contributed by atoms with van der Waals surface area (Å²) in [6.07, 6.45) is 0.548. The number of anilines is 2. The maximum atomic E-state index is 12.7. The van der Waals surface area contributed by atoms with Crippen LogP contribution < -0.4 is 10.9 Å². The van der Waals surface area contributed by atoms with E-state index in [1.54, 1.807) is 0 Å². The van der Waals surface area contributed by atoms with Crippen LogP contribution in [0.25, 0.3) is 10.9 Å². The average molecular weight is 371 g/mol. The van der Waals surface area contributed by atoms with E-state index in [0.29, 0.717) is 29.6 Å². The molecule has 6 heteroatoms. The van der Waals surface area contributed by atoms with Gasteiger partial charge in [0.2, 0.25) is 11.9 Å². The lowest BCUT2D eigenvalue weighted by molar-refractivity contribution is 0.974. The standard InChI is InChI=1S/C22H21N5O/c1-13-8-4-5-9-16(13)12-18-15(3)24-22(26-20(18)28)27-21-23-14(2)17-10-6-7-11-19(17)25-21/h4-11H,12H2,1-3H3,(H2,23,24,25,26,27,28). The summed E-state index contributed by atoms with van der Waals surface area (Å²) in [6, 6.07) is 15.9. The van der Waals surface area contributed by atoms with Gasteiger partial charge in [-0.05, 0) is 38.0 Å². The van der Waals surface area contributed by atoms with Crippen LogP contribution in [0, 0.1) is 20.8 Å². The zero-order valence-corrected chi connectivity index (χ0v) is 16.1. The van der Waals surface area contributed by atoms with E-state index in [-0.39, 0.29) is 5.56 Å². The number of H-pyrrole nitrogens is 1. The quantitative estimate of drug-likeness (QED) is 0.567. The Labute approximate surface area is 162 Å². The predicted molar refractivity (Wildman–Crippen MR) is 111 cm³/mol. The zero-order chi connectivity index (χ0) is 19.7. The van der Waals surface area contributed by atoms with Gasteiger partial charge in [0.05, 0.1) is 16.9 Å². The van der Waals surface area contributed by atoms with Crippen molar-refractivity contribution < 1.29 is 0 Å². The second-order valence-electron chi connectivity index (χ2n) is 6.86. The minimum Gasteiger partial charge on any atom is -0.294 e. The van der Waals surface area contributed by atoms with Crippen LogP contribution in [0.3, 0.4) is 0 Å². The van der Waals surface area contributed by atoms with Crippen molar-refractivity contribution in [2.75, 3.05) is 5.32 Å². The number of para-hydroxylation sites is 1. The minimum atomic E-state index is -0.157. The van der Waals surface area contributed by atoms with Gasteiger partial charge in [-0.15, -0.1) is 0 Å². The molecule has 0 spiro atoms. The third-order valence-electron chi connectivity index (χ3n) is 4.87. The molecule has 0 aliphatic carbocycles. The van der Waals surface area contributed by atoms with E-state index in [4.69, 9.17) is 0 Å². The molecule has 4 aromatic rings. The summed E-state index contributed by atoms with van der Waals surface area (Å²) in [5.41, 5.74) is 5.17. The summed E-state index contributed by atoms with van der Waals surface area (Å²) in [5, 5.41) is 4.03. The molecule has 2 aromatic heterocycles. The Balaban J connectivity index is 1.65. The average Bonchev–Trinajstić information content (AvgIpc) is 2.66. The molecular formula is C22H21N5O. The van der Waals surface area contributed by atoms with E-state index in [1.165, 1.54) is 0 Å². The van der Waals surface area contributed by atoms with Crippen LogP contribution in [0.5, 0.6) is 0 Å². The van der Waals surface area contributed by atoms with E-state index in [2.05, 4.69) is 25.3 Å². The molecule has 4 rings (SSSR count). The smallest absolute Gasteiger partial charge is 0.256 e. The van der Waals surface area contributed by atoms with Crippen LogP contribution >= 0.6 is 0 Å². The van der Waals surface area contributed by atoms with Crippen molar-refractivity contribution in [1.82, 2.24) is 19.9 Å². The molecule has 0 amide bonds. The van der Waals surface area contributed by atoms with Gasteiger partial charge in [-0.2, -0.15) is 0 Å². The van der Waals surface area contributed by atoms with Crippen LogP contribution in [0.4, 0.5) is 11.9 Å². The van der Waals surface area contributed by atoms with Crippen LogP contribution in [0.1, 0.15) is 28.1 Å². The maximum Gasteiger partial charge on any atom is 0.256 e. The lowest BCUT2D eigenvalue weighted by Gasteiger charge is -2.10. The van der Waals surface area contributed by atoms with Crippen molar-refractivity contribution in [1.29, 1.82) is 0 Å². The highest BCUT2D eigenvalue weighted by Crippen LogP contribution is 2.18. The largest absolute Gasteiger partial charge is 0.294 e. The van der Waals surface area contributed by atoms with E-state index in [0.717, 1.165) is 27.7 Å². The van der Waals surface area contributed by atoms with Crippen molar-refractivity contribution in [3.8, 4) is 0 Å². The fourth-order valence-electron chi connectivity index (χ4n) is 3.27. The van der Waals surface area contributed by atoms with Gasteiger partial charge in [0.25, 0.3) is 5.56 Å². The number of aryl methyl sites for hydroxylation is 3. The number of rotatable bonds is 4. The molecule has 0 atom stereocenters. The highest BCUT2D eigenvalue weighted by Gasteiger charge is 2.12. The van der Waals surface area contributed by atoms with Crippen LogP contribution in [-0.2, 0) is 6.42 Å². The number of nitrogens with zero attached hydrogens (tertiary/aromatic N) is 3. The van der Waals surface area contributed by atoms with Gasteiger partial charge >= 0.3 is 0 Å². The van der Waals surface area contributed by atoms with Gasteiger partial charge in [0, 0.05) is 17.4 Å². The fourth-order valence-corrected chi connectivity index (χ4v) is 3.27. The highest BCUT2D eigenvalue weighted by atomic mass is 16.1. The predicted octanol–water partition coefficient (Wildman–Crippen LogP) is 3.97. The van der Waals surface area contributed by atoms with Crippen molar-refractivity contribution in [3.05, 3.63) is 87.0 Å². The topological polar surface area (TPSA) is 83.6 Å². The summed E-state index contributed by atoms with van der Waals surface area (Å²) in [7, 11) is 0. The van der Waals surface area contributed by atoms with Crippen LogP contribution in [-0.4, -0.2) is 19.9 Å². The summed E-state index contributed by atoms with van der Waals surface area (Å²) >= 11 is 0. The van der Waals surface area contributed by atoms with Crippen LogP contribution in [0.2, 0.25) is 0 Å². The number of fused-ring (bicyclic) bond motifs is 1. The second kappa shape index (κ2) is 7.23. The van der Waals surface area contributed by atoms with E-state index >= 15 is 0 Å². The van der Waals surface area contributed by atoms with Gasteiger partial charge in [-0.3, -0.25) is 15.1 Å². The Bertz CT molecular complexity index is 1230. The molecule has 2 heterocycles. The third-order valence-corrected chi connectivity index (χ3v) is 4.87. The van der Waals surface area contributed by atoms with Gasteiger partial charge in [0.1, 0.15) is 0 Å². The van der Waals surface area contributed by atoms with Gasteiger partial charge < -0.3 is 0 Å². The van der Waals surface area contributed by atoms with E-state index < -0.39 is 0 Å². The molecule has 0 bridgehead atoms. The third kappa shape index (κ3) is 3.49. The molecule has 28 heavy (non-hydrogen) atoms. The Morgan fingerprint density at radius 2 is 1.64 bits per heavy atom. The fraction of sp³-hybridized carbons (Fsp3) is 0.182. The molecule has 2 N–H and O–H groups in total. The Hall–Kier alpha value is -3.54. The molecule has 0 saturated carbocycles. The maximum absolute atomic E-state index is 12.7. The monoisotopic (exact) mass is 371 g/mol. The molecule has 0 saturated heterocycles. The molecule has 6 nitrogen and oxygen atoms in total. The first kappa shape index (κ1) is 17.9. The Kier molecular flexibility index (Phi) is 4.61. The first-order valence-electron chi connectivity index (χ1n) is 9.16. The van der Waals surface area contributed by atoms with Crippen molar-refractivity contribution in [2.24, 2.45) is 0 Å². The molecule has 0 radical (unpaired) electrons. The molecule has 0 fully saturated rings. The number of benzene rings is 2. The lowest BCUT2D eigenvalue weighted by Crippen LogP contribution is -2.19. The number of aromatic amines is 1. The molecule has 140 valence electrons. The normalized spacial score (nSPS) is 11.0. The summed E-state index contributed by atoms with van der Waals surface area (Å²) in [4.78, 5) is 29.0. The number of hydrogen-bond acceptors (Lipinski definition) is 5. The Morgan fingerprint density at radius 1 is 0.893 bits per heavy atom. The van der Waals surface area contributed by atoms with E-state index in [1.807, 2.05) is 69.3 Å². The first-order chi connectivity index (χ1) is 13.5. The SMILES string of the molecule is Cc1ccccc1Cc1c(C)nc(Nc2nc(C)c3ccccc3n2)[nH]c1=O. The van der Waals surface area contributed by atoms with Crippen molar-refractivity contribution >= 4 is 22.8 Å². The number of aromatic nitrogens is 4. The number of nitrogens with one attached hydrogen (secondary N) is 2. The van der Waals surface area contributed by atoms with Gasteiger partial charge in [-0.25, -0.2) is 15.0 Å². The van der Waals surface area contributed by atoms with Crippen molar-refractivity contribution in [3.63, 3.8) is 0 Å². The highest BCUT2D eigenvalue weighted by molar-refractivity contribution is 5.81. The summed E-state index contributed by atoms with van der Waals surface area (Å²) in [5.74, 6) is 0.746. The summed E-state index contributed by atoms with van der Waals surface area (Å²) < 4.78 is 0. The van der Waals surface area contributed by atoms with Gasteiger partial charge in [-0.1, -0.05) is 42.5 Å². The van der Waals surface area contributed by atoms with Gasteiger partial charge in [0.15, 0.2) is 0 Å². The minimum absolute atomic E-state index is 0.157. The van der Waals surface area contributed by atoms with E-state index in [9.17, 15) is 4.79 Å². The molecule has 0 aliphatic heterocycles. The second-order valence-corrected chi connectivity index (χ2v) is 6.86. The van der Waals surface area contributed by atoms with Crippen molar-refractivity contribution in [2.45, 2.75) is 27.2 Å². The summed E-state index contributed by atoms with van der Waals surface area (Å²) in [6.45, 7) is 5.82. The lowest BCUT2D eigenvalue weighted by atomic mass is 10.0. The van der Waals surface area contributed by atoms with Crippen LogP contribution in [0.15, 0.2) is 53.3 Å². The first-order valence-corrected chi connectivity index (χ1v) is 9.16. The Morgan fingerprint density at radius 3 is 2.43 bits per heavy atom. The molecular weight excluding hydrogens is 350 g/mol. The molecule has 0 aliphatic rings. The molecule has 2 aromatic carbocycles.